The molecule has 1 N–H and O–H groups in total. The molecule has 1 heterocycles. The van der Waals surface area contributed by atoms with E-state index in [1.165, 1.54) is 11.1 Å². The number of nitrogens with zero attached hydrogens (tertiary/aromatic N) is 4. The molecular weight excluding hydrogens is 256 g/mol. The Morgan fingerprint density at radius 3 is 2.90 bits per heavy atom. The van der Waals surface area contributed by atoms with Gasteiger partial charge in [-0.3, -0.25) is 4.79 Å². The van der Waals surface area contributed by atoms with Gasteiger partial charge in [0.2, 0.25) is 0 Å². The smallest absolute Gasteiger partial charge is 0.310 e. The largest absolute Gasteiger partial charge is 0.481 e. The molecular formula is C14H16N4O2. The van der Waals surface area contributed by atoms with Crippen LogP contribution in [0.5, 0.6) is 0 Å². The molecule has 1 aliphatic carbocycles. The monoisotopic (exact) mass is 272 g/mol. The number of benzene rings is 1. The molecule has 3 rings (SSSR count). The topological polar surface area (TPSA) is 80.9 Å². The highest BCUT2D eigenvalue weighted by Gasteiger charge is 2.34. The normalized spacial score (nSPS) is 17.4. The van der Waals surface area contributed by atoms with E-state index in [4.69, 9.17) is 0 Å². The van der Waals surface area contributed by atoms with Crippen molar-refractivity contribution in [2.24, 2.45) is 5.41 Å². The lowest BCUT2D eigenvalue weighted by Crippen LogP contribution is -2.32. The number of fused-ring (bicyclic) bond motifs is 1. The van der Waals surface area contributed by atoms with E-state index < -0.39 is 11.4 Å². The summed E-state index contributed by atoms with van der Waals surface area (Å²) in [6, 6.07) is 8.19. The lowest BCUT2D eigenvalue weighted by atomic mass is 9.77. The summed E-state index contributed by atoms with van der Waals surface area (Å²) >= 11 is 0. The molecule has 0 aliphatic heterocycles. The van der Waals surface area contributed by atoms with Crippen LogP contribution in [0.25, 0.3) is 0 Å². The maximum absolute atomic E-state index is 11.2. The molecule has 0 saturated heterocycles. The lowest BCUT2D eigenvalue weighted by Gasteiger charge is -2.29. The van der Waals surface area contributed by atoms with Crippen LogP contribution in [0.15, 0.2) is 24.3 Å². The minimum atomic E-state index is -0.895. The van der Waals surface area contributed by atoms with Gasteiger partial charge in [-0.1, -0.05) is 24.3 Å². The Bertz CT molecular complexity index is 663. The van der Waals surface area contributed by atoms with Crippen molar-refractivity contribution in [1.29, 1.82) is 0 Å². The minimum absolute atomic E-state index is 0.172. The van der Waals surface area contributed by atoms with Crippen molar-refractivity contribution in [2.75, 3.05) is 0 Å². The van der Waals surface area contributed by atoms with Gasteiger partial charge in [-0.2, -0.15) is 0 Å². The van der Waals surface area contributed by atoms with E-state index >= 15 is 0 Å². The van der Waals surface area contributed by atoms with Gasteiger partial charge in [0.1, 0.15) is 0 Å². The predicted octanol–water partition coefficient (Wildman–Crippen LogP) is 1.47. The van der Waals surface area contributed by atoms with Crippen LogP contribution in [-0.2, 0) is 17.8 Å². The second kappa shape index (κ2) is 4.40. The highest BCUT2D eigenvalue weighted by molar-refractivity contribution is 5.73. The van der Waals surface area contributed by atoms with Crippen molar-refractivity contribution >= 4 is 5.97 Å². The van der Waals surface area contributed by atoms with Crippen LogP contribution in [0.4, 0.5) is 0 Å². The molecule has 0 spiro atoms. The van der Waals surface area contributed by atoms with Gasteiger partial charge in [0.05, 0.1) is 17.9 Å². The van der Waals surface area contributed by atoms with Crippen LogP contribution in [0.3, 0.4) is 0 Å². The summed E-state index contributed by atoms with van der Waals surface area (Å²) in [5.74, 6) is 0.0665. The Kier molecular flexibility index (Phi) is 2.81. The first kappa shape index (κ1) is 12.8. The number of hydrogen-bond donors (Lipinski definition) is 1. The zero-order valence-corrected chi connectivity index (χ0v) is 11.4. The maximum atomic E-state index is 11.2. The van der Waals surface area contributed by atoms with Crippen LogP contribution in [0.2, 0.25) is 0 Å². The first-order valence-electron chi connectivity index (χ1n) is 6.56. The van der Waals surface area contributed by atoms with Crippen LogP contribution < -0.4 is 0 Å². The number of tetrazole rings is 1. The number of aromatic nitrogens is 4. The fourth-order valence-electron chi connectivity index (χ4n) is 2.50. The molecule has 0 bridgehead atoms. The Balaban J connectivity index is 1.88. The number of carboxylic acid groups (broad SMARTS) is 1. The number of hydrogen-bond acceptors (Lipinski definition) is 4. The average molecular weight is 272 g/mol. The van der Waals surface area contributed by atoms with Crippen LogP contribution >= 0.6 is 0 Å². The Hall–Kier alpha value is -2.24. The molecule has 0 radical (unpaired) electrons. The predicted molar refractivity (Wildman–Crippen MR) is 71.2 cm³/mol. The summed E-state index contributed by atoms with van der Waals surface area (Å²) in [7, 11) is 0. The van der Waals surface area contributed by atoms with Crippen molar-refractivity contribution in [3.05, 3.63) is 41.2 Å². The molecule has 1 aliphatic rings. The van der Waals surface area contributed by atoms with E-state index in [2.05, 4.69) is 27.7 Å². The summed E-state index contributed by atoms with van der Waals surface area (Å²) in [6.45, 7) is 3.62. The van der Waals surface area contributed by atoms with Gasteiger partial charge in [0, 0.05) is 0 Å². The second-order valence-corrected chi connectivity index (χ2v) is 5.84. The Labute approximate surface area is 116 Å². The first-order chi connectivity index (χ1) is 9.49. The van der Waals surface area contributed by atoms with Crippen molar-refractivity contribution in [3.63, 3.8) is 0 Å². The van der Waals surface area contributed by atoms with Crippen molar-refractivity contribution in [2.45, 2.75) is 32.7 Å². The molecule has 0 saturated carbocycles. The van der Waals surface area contributed by atoms with Gasteiger partial charge in [0.25, 0.3) is 0 Å². The number of carboxylic acids is 1. The molecule has 1 aromatic carbocycles. The molecule has 0 amide bonds. The molecule has 1 atom stereocenters. The van der Waals surface area contributed by atoms with Crippen LogP contribution in [0.1, 0.15) is 36.7 Å². The van der Waals surface area contributed by atoms with Gasteiger partial charge in [-0.05, 0) is 41.8 Å². The van der Waals surface area contributed by atoms with Gasteiger partial charge in [-0.25, -0.2) is 4.68 Å². The van der Waals surface area contributed by atoms with Crippen molar-refractivity contribution < 1.29 is 9.90 Å². The van der Waals surface area contributed by atoms with Crippen molar-refractivity contribution in [3.8, 4) is 0 Å². The van der Waals surface area contributed by atoms with E-state index in [-0.39, 0.29) is 12.5 Å². The van der Waals surface area contributed by atoms with E-state index in [1.807, 2.05) is 12.1 Å². The van der Waals surface area contributed by atoms with E-state index in [0.717, 1.165) is 12.2 Å². The third-order valence-electron chi connectivity index (χ3n) is 3.85. The first-order valence-corrected chi connectivity index (χ1v) is 6.56. The van der Waals surface area contributed by atoms with E-state index in [0.29, 0.717) is 0 Å². The van der Waals surface area contributed by atoms with Gasteiger partial charge in [-0.15, -0.1) is 5.10 Å². The number of carbonyl (C=O) groups is 1. The summed E-state index contributed by atoms with van der Waals surface area (Å²) in [4.78, 5) is 11.2. The SMILES string of the molecule is CC(C)(Cn1nnnc1C1Cc2ccccc21)C(=O)O. The second-order valence-electron chi connectivity index (χ2n) is 5.84. The fourth-order valence-corrected chi connectivity index (χ4v) is 2.50. The number of aliphatic carboxylic acids is 1. The summed E-state index contributed by atoms with van der Waals surface area (Å²) in [5.41, 5.74) is 1.65. The van der Waals surface area contributed by atoms with E-state index in [9.17, 15) is 9.90 Å². The molecule has 104 valence electrons. The zero-order chi connectivity index (χ0) is 14.3. The van der Waals surface area contributed by atoms with Crippen LogP contribution in [-0.4, -0.2) is 31.3 Å². The molecule has 0 fully saturated rings. The average Bonchev–Trinajstić information content (AvgIpc) is 2.78. The molecule has 6 heteroatoms. The minimum Gasteiger partial charge on any atom is -0.481 e. The molecule has 1 unspecified atom stereocenters. The third kappa shape index (κ3) is 1.97. The molecule has 2 aromatic rings. The van der Waals surface area contributed by atoms with Crippen molar-refractivity contribution in [1.82, 2.24) is 20.2 Å². The lowest BCUT2D eigenvalue weighted by molar-refractivity contribution is -0.147. The summed E-state index contributed by atoms with van der Waals surface area (Å²) in [5, 5.41) is 21.0. The Morgan fingerprint density at radius 2 is 2.20 bits per heavy atom. The number of rotatable bonds is 4. The summed E-state index contributed by atoms with van der Waals surface area (Å²) in [6.07, 6.45) is 0.907. The van der Waals surface area contributed by atoms with Crippen LogP contribution in [0, 0.1) is 5.41 Å². The standard InChI is InChI=1S/C14H16N4O2/c1-14(2,13(19)20)8-18-12(15-16-17-18)11-7-9-5-3-4-6-10(9)11/h3-6,11H,7-8H2,1-2H3,(H,19,20). The zero-order valence-electron chi connectivity index (χ0n) is 11.4. The van der Waals surface area contributed by atoms with Gasteiger partial charge >= 0.3 is 5.97 Å². The van der Waals surface area contributed by atoms with E-state index in [1.54, 1.807) is 18.5 Å². The third-order valence-corrected chi connectivity index (χ3v) is 3.85. The maximum Gasteiger partial charge on any atom is 0.310 e. The summed E-state index contributed by atoms with van der Waals surface area (Å²) < 4.78 is 1.62. The highest BCUT2D eigenvalue weighted by Crippen LogP contribution is 2.39. The quantitative estimate of drug-likeness (QED) is 0.911. The molecule has 1 aromatic heterocycles. The molecule has 20 heavy (non-hydrogen) atoms. The van der Waals surface area contributed by atoms with Gasteiger partial charge < -0.3 is 5.11 Å². The fraction of sp³-hybridized carbons (Fsp3) is 0.429. The highest BCUT2D eigenvalue weighted by atomic mass is 16.4. The molecule has 6 nitrogen and oxygen atoms in total. The van der Waals surface area contributed by atoms with Gasteiger partial charge in [0.15, 0.2) is 5.82 Å². The Morgan fingerprint density at radius 1 is 1.45 bits per heavy atom.